The Morgan fingerprint density at radius 3 is 3.10 bits per heavy atom. The summed E-state index contributed by atoms with van der Waals surface area (Å²) in [7, 11) is 2.11. The van der Waals surface area contributed by atoms with E-state index < -0.39 is 0 Å². The number of nitrogens with one attached hydrogen (secondary N) is 1. The molecule has 0 unspecified atom stereocenters. The van der Waals surface area contributed by atoms with Gasteiger partial charge in [0.25, 0.3) is 0 Å². The zero-order valence-electron chi connectivity index (χ0n) is 16.7. The molecule has 1 aromatic carbocycles. The highest BCUT2D eigenvalue weighted by Gasteiger charge is 2.28. The quantitative estimate of drug-likeness (QED) is 0.499. The number of pyridine rings is 1. The first-order valence-corrected chi connectivity index (χ1v) is 10.9. The van der Waals surface area contributed by atoms with Crippen molar-refractivity contribution in [2.24, 2.45) is 7.05 Å². The van der Waals surface area contributed by atoms with E-state index in [0.29, 0.717) is 17.4 Å². The number of aryl methyl sites for hydroxylation is 1. The Labute approximate surface area is 179 Å². The maximum Gasteiger partial charge on any atom is 0.188 e. The van der Waals surface area contributed by atoms with Crippen LogP contribution in [0.25, 0.3) is 10.9 Å². The zero-order chi connectivity index (χ0) is 20.5. The van der Waals surface area contributed by atoms with Crippen LogP contribution in [0.1, 0.15) is 35.7 Å². The summed E-state index contributed by atoms with van der Waals surface area (Å²) >= 11 is 1.58. The Balaban J connectivity index is 1.34. The number of thiazole rings is 1. The molecule has 0 saturated carbocycles. The van der Waals surface area contributed by atoms with E-state index in [1.807, 2.05) is 0 Å². The molecule has 1 N–H and O–H groups in total. The first-order valence-electron chi connectivity index (χ1n) is 10.1. The van der Waals surface area contributed by atoms with Gasteiger partial charge in [0, 0.05) is 42.3 Å². The monoisotopic (exact) mass is 414 g/mol. The summed E-state index contributed by atoms with van der Waals surface area (Å²) in [6.45, 7) is 2.01. The van der Waals surface area contributed by atoms with Crippen molar-refractivity contribution in [2.45, 2.75) is 25.4 Å². The van der Waals surface area contributed by atoms with Crippen molar-refractivity contribution in [1.82, 2.24) is 19.4 Å². The smallest absolute Gasteiger partial charge is 0.188 e. The molecule has 30 heavy (non-hydrogen) atoms. The van der Waals surface area contributed by atoms with Gasteiger partial charge in [0.15, 0.2) is 5.13 Å². The van der Waals surface area contributed by atoms with E-state index in [2.05, 4.69) is 68.7 Å². The first-order chi connectivity index (χ1) is 14.7. The fourth-order valence-corrected chi connectivity index (χ4v) is 5.06. The highest BCUT2D eigenvalue weighted by Crippen LogP contribution is 2.36. The van der Waals surface area contributed by atoms with Crippen molar-refractivity contribution < 1.29 is 0 Å². The van der Waals surface area contributed by atoms with Gasteiger partial charge in [-0.25, -0.2) is 9.97 Å². The second kappa shape index (κ2) is 7.90. The summed E-state index contributed by atoms with van der Waals surface area (Å²) in [6, 6.07) is 14.5. The molecule has 150 valence electrons. The number of hydrogen-bond donors (Lipinski definition) is 1. The minimum atomic E-state index is 0.328. The summed E-state index contributed by atoms with van der Waals surface area (Å²) < 4.78 is 2.21. The average molecular weight is 415 g/mol. The van der Waals surface area contributed by atoms with Gasteiger partial charge in [-0.05, 0) is 43.1 Å². The van der Waals surface area contributed by atoms with Crippen molar-refractivity contribution in [2.75, 3.05) is 11.9 Å². The van der Waals surface area contributed by atoms with Gasteiger partial charge in [0.1, 0.15) is 5.82 Å². The maximum absolute atomic E-state index is 9.07. The largest absolute Gasteiger partial charge is 0.350 e. The second-order valence-electron chi connectivity index (χ2n) is 7.65. The van der Waals surface area contributed by atoms with E-state index in [1.165, 1.54) is 22.9 Å². The Kier molecular flexibility index (Phi) is 4.95. The molecule has 0 radical (unpaired) electrons. The van der Waals surface area contributed by atoms with Gasteiger partial charge in [0.2, 0.25) is 0 Å². The predicted molar refractivity (Wildman–Crippen MR) is 120 cm³/mol. The standard InChI is InChI=1S/C23H22N6S/c1-28-13-17(18-5-2-3-6-20(18)28)14-29-10-4-7-21(29)19-15-30-23(26-19)27-22-11-16(12-24)8-9-25-22/h2-3,5-6,8-9,11,13,15,21H,4,7,10,14H2,1H3,(H,25,26,27)/t21-/m0/s1. The van der Waals surface area contributed by atoms with Crippen LogP contribution in [-0.2, 0) is 13.6 Å². The minimum Gasteiger partial charge on any atom is -0.350 e. The Bertz CT molecular complexity index is 1230. The van der Waals surface area contributed by atoms with Crippen molar-refractivity contribution >= 4 is 33.2 Å². The molecule has 7 heteroatoms. The molecule has 5 rings (SSSR count). The number of nitriles is 1. The molecule has 1 aliphatic heterocycles. The van der Waals surface area contributed by atoms with Crippen LogP contribution in [0.5, 0.6) is 0 Å². The highest BCUT2D eigenvalue weighted by atomic mass is 32.1. The molecule has 4 aromatic rings. The Morgan fingerprint density at radius 1 is 1.30 bits per heavy atom. The van der Waals surface area contributed by atoms with Gasteiger partial charge in [-0.15, -0.1) is 11.3 Å². The lowest BCUT2D eigenvalue weighted by molar-refractivity contribution is 0.246. The fraction of sp³-hybridized carbons (Fsp3) is 0.261. The van der Waals surface area contributed by atoms with Crippen LogP contribution in [0.4, 0.5) is 10.9 Å². The fourth-order valence-electron chi connectivity index (χ4n) is 4.30. The number of fused-ring (bicyclic) bond motifs is 1. The summed E-state index contributed by atoms with van der Waals surface area (Å²) in [5.74, 6) is 0.647. The van der Waals surface area contributed by atoms with E-state index in [1.54, 1.807) is 29.7 Å². The van der Waals surface area contributed by atoms with Crippen LogP contribution in [-0.4, -0.2) is 26.0 Å². The number of nitrogens with zero attached hydrogens (tertiary/aromatic N) is 5. The van der Waals surface area contributed by atoms with Crippen molar-refractivity contribution in [3.63, 3.8) is 0 Å². The number of rotatable bonds is 5. The molecule has 0 bridgehead atoms. The van der Waals surface area contributed by atoms with Gasteiger partial charge in [0.05, 0.1) is 23.4 Å². The number of hydrogen-bond acceptors (Lipinski definition) is 6. The molecule has 1 fully saturated rings. The third-order valence-corrected chi connectivity index (χ3v) is 6.48. The zero-order valence-corrected chi connectivity index (χ0v) is 17.6. The lowest BCUT2D eigenvalue weighted by Crippen LogP contribution is -2.22. The van der Waals surface area contributed by atoms with E-state index in [0.717, 1.165) is 30.3 Å². The molecule has 1 atom stereocenters. The highest BCUT2D eigenvalue weighted by molar-refractivity contribution is 7.13. The summed E-state index contributed by atoms with van der Waals surface area (Å²) in [5.41, 5.74) is 4.33. The van der Waals surface area contributed by atoms with E-state index in [-0.39, 0.29) is 0 Å². The summed E-state index contributed by atoms with van der Waals surface area (Å²) in [4.78, 5) is 11.7. The van der Waals surface area contributed by atoms with Crippen LogP contribution in [0.15, 0.2) is 54.2 Å². The number of likely N-dealkylation sites (tertiary alicyclic amines) is 1. The molecular weight excluding hydrogens is 392 g/mol. The van der Waals surface area contributed by atoms with Crippen molar-refractivity contribution in [1.29, 1.82) is 5.26 Å². The lowest BCUT2D eigenvalue weighted by Gasteiger charge is -2.22. The number of aromatic nitrogens is 3. The maximum atomic E-state index is 9.07. The number of benzene rings is 1. The third-order valence-electron chi connectivity index (χ3n) is 5.70. The number of anilines is 2. The molecule has 1 aliphatic rings. The van der Waals surface area contributed by atoms with Crippen molar-refractivity contribution in [3.8, 4) is 6.07 Å². The lowest BCUT2D eigenvalue weighted by atomic mass is 10.1. The molecule has 0 aliphatic carbocycles. The molecule has 6 nitrogen and oxygen atoms in total. The van der Waals surface area contributed by atoms with E-state index >= 15 is 0 Å². The molecule has 4 heterocycles. The van der Waals surface area contributed by atoms with Crippen molar-refractivity contribution in [3.05, 3.63) is 71.0 Å². The second-order valence-corrected chi connectivity index (χ2v) is 8.51. The summed E-state index contributed by atoms with van der Waals surface area (Å²) in [5, 5.41) is 16.6. The van der Waals surface area contributed by atoms with Crippen LogP contribution >= 0.6 is 11.3 Å². The van der Waals surface area contributed by atoms with Crippen LogP contribution in [0.3, 0.4) is 0 Å². The van der Waals surface area contributed by atoms with Gasteiger partial charge in [-0.1, -0.05) is 18.2 Å². The minimum absolute atomic E-state index is 0.328. The van der Waals surface area contributed by atoms with Gasteiger partial charge < -0.3 is 9.88 Å². The molecule has 0 spiro atoms. The SMILES string of the molecule is Cn1cc(CN2CCC[C@H]2c2csc(Nc3cc(C#N)ccn3)n2)c2ccccc21. The number of para-hydroxylation sites is 1. The molecule has 1 saturated heterocycles. The van der Waals surface area contributed by atoms with Crippen LogP contribution in [0, 0.1) is 11.3 Å². The van der Waals surface area contributed by atoms with Crippen LogP contribution in [0.2, 0.25) is 0 Å². The van der Waals surface area contributed by atoms with Gasteiger partial charge >= 0.3 is 0 Å². The molecular formula is C23H22N6S. The first kappa shape index (κ1) is 18.8. The van der Waals surface area contributed by atoms with Crippen LogP contribution < -0.4 is 5.32 Å². The Morgan fingerprint density at radius 2 is 2.20 bits per heavy atom. The summed E-state index contributed by atoms with van der Waals surface area (Å²) in [6.07, 6.45) is 6.19. The normalized spacial score (nSPS) is 16.7. The van der Waals surface area contributed by atoms with Gasteiger partial charge in [-0.3, -0.25) is 4.90 Å². The van der Waals surface area contributed by atoms with E-state index in [4.69, 9.17) is 10.2 Å². The van der Waals surface area contributed by atoms with Gasteiger partial charge in [-0.2, -0.15) is 5.26 Å². The topological polar surface area (TPSA) is 69.8 Å². The van der Waals surface area contributed by atoms with E-state index in [9.17, 15) is 0 Å². The average Bonchev–Trinajstić information content (AvgIpc) is 3.49. The predicted octanol–water partition coefficient (Wildman–Crippen LogP) is 4.98. The molecule has 0 amide bonds. The molecule has 3 aromatic heterocycles. The Hall–Kier alpha value is -3.21. The third kappa shape index (κ3) is 3.56.